The number of imidazole rings is 1. The predicted octanol–water partition coefficient (Wildman–Crippen LogP) is 4.44. The van der Waals surface area contributed by atoms with Gasteiger partial charge >= 0.3 is 14.4 Å². The Morgan fingerprint density at radius 3 is 2.08 bits per heavy atom. The zero-order chi connectivity index (χ0) is 18.6. The second-order valence-corrected chi connectivity index (χ2v) is 7.82. The molecule has 1 aromatic heterocycles. The van der Waals surface area contributed by atoms with Gasteiger partial charge in [0.2, 0.25) is 0 Å². The Hall–Kier alpha value is -2.78. The molecule has 0 aliphatic carbocycles. The fourth-order valence-corrected chi connectivity index (χ4v) is 2.89. The molecule has 0 bridgehead atoms. The van der Waals surface area contributed by atoms with Crippen molar-refractivity contribution in [1.29, 1.82) is 0 Å². The Morgan fingerprint density at radius 1 is 1.04 bits per heavy atom. The van der Waals surface area contributed by atoms with E-state index in [0.29, 0.717) is 5.69 Å². The first kappa shape index (κ1) is 18.0. The summed E-state index contributed by atoms with van der Waals surface area (Å²) in [5.74, 6) is -0.548. The third-order valence-corrected chi connectivity index (χ3v) is 4.57. The van der Waals surface area contributed by atoms with Crippen molar-refractivity contribution < 1.29 is 14.1 Å². The normalized spacial score (nSPS) is 11.7. The minimum atomic E-state index is -1.04. The van der Waals surface area contributed by atoms with E-state index < -0.39 is 19.8 Å². The van der Waals surface area contributed by atoms with Crippen LogP contribution in [0.4, 0.5) is 0 Å². The number of rotatable bonds is 6. The summed E-state index contributed by atoms with van der Waals surface area (Å²) in [4.78, 5) is 16.8. The molecule has 1 atom stereocenters. The van der Waals surface area contributed by atoms with E-state index in [0.717, 1.165) is 11.1 Å². The second-order valence-electron chi connectivity index (χ2n) is 6.41. The number of aromatic nitrogens is 2. The number of esters is 1. The van der Waals surface area contributed by atoms with Crippen molar-refractivity contribution in [2.45, 2.75) is 25.2 Å². The topological polar surface area (TPSA) is 61.2 Å². The van der Waals surface area contributed by atoms with E-state index >= 15 is 0 Å². The quantitative estimate of drug-likeness (QED) is 0.477. The van der Waals surface area contributed by atoms with E-state index in [1.54, 1.807) is 24.7 Å². The molecule has 0 amide bonds. The largest absolute Gasteiger partial charge is 0.410 e. The highest BCUT2D eigenvalue weighted by molar-refractivity contribution is 7.25. The fourth-order valence-electron chi connectivity index (χ4n) is 2.76. The van der Waals surface area contributed by atoms with Gasteiger partial charge in [0, 0.05) is 13.8 Å². The second kappa shape index (κ2) is 7.63. The molecule has 1 unspecified atom stereocenters. The SMILES string of the molecule is CC(C)(OC(=O)c1cncn1C(c1ccccc1)c1ccccc1)[PH+]=O. The van der Waals surface area contributed by atoms with Crippen molar-refractivity contribution in [3.8, 4) is 0 Å². The van der Waals surface area contributed by atoms with Crippen LogP contribution in [0.1, 0.15) is 41.5 Å². The zero-order valence-electron chi connectivity index (χ0n) is 14.6. The van der Waals surface area contributed by atoms with Crippen molar-refractivity contribution in [3.63, 3.8) is 0 Å². The molecule has 132 valence electrons. The standard InChI is InChI=1S/C20H19N2O3P/c1-20(2,26-24)25-19(23)17-13-21-14-22(17)18(15-9-5-3-6-10-15)16-11-7-4-8-12-16/h3-14,18H,1-2H3/p+1. The molecule has 3 aromatic rings. The Labute approximate surface area is 153 Å². The van der Waals surface area contributed by atoms with Gasteiger partial charge in [0.25, 0.3) is 5.34 Å². The minimum absolute atomic E-state index is 0.222. The van der Waals surface area contributed by atoms with Crippen LogP contribution in [-0.2, 0) is 9.30 Å². The first-order valence-corrected chi connectivity index (χ1v) is 9.17. The van der Waals surface area contributed by atoms with Gasteiger partial charge in [-0.1, -0.05) is 65.2 Å². The summed E-state index contributed by atoms with van der Waals surface area (Å²) < 4.78 is 18.4. The predicted molar refractivity (Wildman–Crippen MR) is 101 cm³/mol. The number of hydrogen-bond acceptors (Lipinski definition) is 4. The summed E-state index contributed by atoms with van der Waals surface area (Å²) in [5.41, 5.74) is 2.36. The smallest absolute Gasteiger partial charge is 0.371 e. The number of hydrogen-bond donors (Lipinski definition) is 0. The van der Waals surface area contributed by atoms with Crippen LogP contribution < -0.4 is 0 Å². The van der Waals surface area contributed by atoms with Crippen LogP contribution in [0.2, 0.25) is 0 Å². The van der Waals surface area contributed by atoms with Gasteiger partial charge in [-0.25, -0.2) is 9.78 Å². The van der Waals surface area contributed by atoms with Crippen molar-refractivity contribution in [2.24, 2.45) is 0 Å². The highest BCUT2D eigenvalue weighted by atomic mass is 31.1. The first-order chi connectivity index (χ1) is 12.5. The molecule has 0 fully saturated rings. The molecule has 1 heterocycles. The van der Waals surface area contributed by atoms with E-state index in [-0.39, 0.29) is 6.04 Å². The van der Waals surface area contributed by atoms with Crippen LogP contribution in [0, 0.1) is 0 Å². The Balaban J connectivity index is 2.06. The summed E-state index contributed by atoms with van der Waals surface area (Å²) in [6.07, 6.45) is 3.10. The molecule has 3 rings (SSSR count). The Morgan fingerprint density at radius 2 is 1.58 bits per heavy atom. The van der Waals surface area contributed by atoms with Crippen LogP contribution in [0.5, 0.6) is 0 Å². The lowest BCUT2D eigenvalue weighted by atomic mass is 9.98. The minimum Gasteiger partial charge on any atom is -0.410 e. The number of carbonyl (C=O) groups is 1. The Bertz CT molecular complexity index is 852. The molecule has 0 aliphatic heterocycles. The molecular formula is C20H20N2O3P+. The zero-order valence-corrected chi connectivity index (χ0v) is 15.6. The summed E-state index contributed by atoms with van der Waals surface area (Å²) in [5, 5.41) is -1.04. The summed E-state index contributed by atoms with van der Waals surface area (Å²) >= 11 is 0. The van der Waals surface area contributed by atoms with Crippen LogP contribution >= 0.6 is 8.46 Å². The van der Waals surface area contributed by atoms with Crippen molar-refractivity contribution in [3.05, 3.63) is 90.0 Å². The number of carbonyl (C=O) groups excluding carboxylic acids is 1. The van der Waals surface area contributed by atoms with Gasteiger partial charge in [-0.2, -0.15) is 0 Å². The molecule has 5 nitrogen and oxygen atoms in total. The number of ether oxygens (including phenoxy) is 1. The third-order valence-electron chi connectivity index (χ3n) is 3.98. The molecule has 0 saturated carbocycles. The average Bonchev–Trinajstić information content (AvgIpc) is 3.13. The van der Waals surface area contributed by atoms with Crippen LogP contribution in [-0.4, -0.2) is 20.9 Å². The molecule has 2 aromatic carbocycles. The molecule has 0 N–H and O–H groups in total. The maximum atomic E-state index is 12.7. The van der Waals surface area contributed by atoms with E-state index in [1.807, 2.05) is 60.7 Å². The lowest BCUT2D eigenvalue weighted by molar-refractivity contribution is 0.0268. The fraction of sp³-hybridized carbons (Fsp3) is 0.200. The summed E-state index contributed by atoms with van der Waals surface area (Å²) in [6, 6.07) is 19.6. The third kappa shape index (κ3) is 3.89. The van der Waals surface area contributed by atoms with E-state index in [1.165, 1.54) is 6.20 Å². The van der Waals surface area contributed by atoms with Crippen molar-refractivity contribution >= 4 is 14.4 Å². The summed E-state index contributed by atoms with van der Waals surface area (Å²) in [7, 11) is -0.754. The first-order valence-electron chi connectivity index (χ1n) is 8.26. The molecule has 0 saturated heterocycles. The van der Waals surface area contributed by atoms with Gasteiger partial charge in [0.05, 0.1) is 18.6 Å². The molecular weight excluding hydrogens is 347 g/mol. The lowest BCUT2D eigenvalue weighted by Crippen LogP contribution is -2.25. The maximum absolute atomic E-state index is 12.7. The highest BCUT2D eigenvalue weighted by Crippen LogP contribution is 2.30. The van der Waals surface area contributed by atoms with Crippen molar-refractivity contribution in [2.75, 3.05) is 0 Å². The Kier molecular flexibility index (Phi) is 5.29. The number of benzene rings is 2. The lowest BCUT2D eigenvalue weighted by Gasteiger charge is -2.22. The van der Waals surface area contributed by atoms with E-state index in [9.17, 15) is 9.36 Å². The molecule has 0 radical (unpaired) electrons. The number of nitrogens with zero attached hydrogens (tertiary/aromatic N) is 2. The average molecular weight is 367 g/mol. The van der Waals surface area contributed by atoms with Crippen LogP contribution in [0.3, 0.4) is 0 Å². The molecule has 0 spiro atoms. The monoisotopic (exact) mass is 367 g/mol. The molecule has 0 aliphatic rings. The van der Waals surface area contributed by atoms with E-state index in [2.05, 4.69) is 4.98 Å². The van der Waals surface area contributed by atoms with Gasteiger partial charge < -0.3 is 9.30 Å². The van der Waals surface area contributed by atoms with Crippen molar-refractivity contribution in [1.82, 2.24) is 9.55 Å². The van der Waals surface area contributed by atoms with Gasteiger partial charge in [-0.3, -0.25) is 0 Å². The van der Waals surface area contributed by atoms with Crippen LogP contribution in [0.25, 0.3) is 0 Å². The van der Waals surface area contributed by atoms with Crippen LogP contribution in [0.15, 0.2) is 73.2 Å². The van der Waals surface area contributed by atoms with Gasteiger partial charge in [-0.15, -0.1) is 0 Å². The van der Waals surface area contributed by atoms with Gasteiger partial charge in [0.1, 0.15) is 5.69 Å². The summed E-state index contributed by atoms with van der Waals surface area (Å²) in [6.45, 7) is 3.23. The van der Waals surface area contributed by atoms with Gasteiger partial charge in [0.15, 0.2) is 0 Å². The maximum Gasteiger partial charge on any atom is 0.371 e. The molecule has 6 heteroatoms. The van der Waals surface area contributed by atoms with E-state index in [4.69, 9.17) is 4.74 Å². The molecule has 26 heavy (non-hydrogen) atoms. The highest BCUT2D eigenvalue weighted by Gasteiger charge is 2.33. The van der Waals surface area contributed by atoms with Gasteiger partial charge in [-0.05, 0) is 11.1 Å².